The maximum atomic E-state index is 12.6. The fourth-order valence-corrected chi connectivity index (χ4v) is 2.25. The third kappa shape index (κ3) is 4.05. The number of ether oxygens (including phenoxy) is 1. The molecule has 0 spiro atoms. The topological polar surface area (TPSA) is 65.5 Å². The van der Waals surface area contributed by atoms with Gasteiger partial charge in [0.25, 0.3) is 0 Å². The fraction of sp³-hybridized carbons (Fsp3) is 0.267. The second-order valence-corrected chi connectivity index (χ2v) is 5.20. The predicted octanol–water partition coefficient (Wildman–Crippen LogP) is 3.66. The number of halogens is 4. The Balaban J connectivity index is 2.22. The largest absolute Gasteiger partial charge is 0.468 e. The fourth-order valence-electron chi connectivity index (χ4n) is 1.98. The Morgan fingerprint density at radius 2 is 2.04 bits per heavy atom. The van der Waals surface area contributed by atoms with Gasteiger partial charge in [0.15, 0.2) is 0 Å². The first-order chi connectivity index (χ1) is 10.7. The lowest BCUT2D eigenvalue weighted by atomic mass is 10.1. The smallest absolute Gasteiger partial charge is 0.416 e. The highest BCUT2D eigenvalue weighted by atomic mass is 35.5. The van der Waals surface area contributed by atoms with Crippen molar-refractivity contribution < 1.29 is 27.1 Å². The molecule has 2 rings (SSSR count). The number of carbonyl (C=O) groups is 1. The molecule has 2 N–H and O–H groups in total. The van der Waals surface area contributed by atoms with E-state index >= 15 is 0 Å². The summed E-state index contributed by atoms with van der Waals surface area (Å²) in [4.78, 5) is 11.3. The lowest BCUT2D eigenvalue weighted by molar-refractivity contribution is -0.142. The zero-order valence-electron chi connectivity index (χ0n) is 12.0. The average Bonchev–Trinajstić information content (AvgIpc) is 2.93. The van der Waals surface area contributed by atoms with Gasteiger partial charge in [-0.2, -0.15) is 13.2 Å². The number of carbonyl (C=O) groups excluding carboxylic acids is 1. The van der Waals surface area contributed by atoms with Gasteiger partial charge in [-0.3, -0.25) is 4.79 Å². The highest BCUT2D eigenvalue weighted by Crippen LogP contribution is 2.36. The number of esters is 1. The quantitative estimate of drug-likeness (QED) is 0.857. The molecule has 0 fully saturated rings. The molecule has 0 aliphatic rings. The van der Waals surface area contributed by atoms with E-state index in [9.17, 15) is 18.0 Å². The van der Waals surface area contributed by atoms with E-state index in [0.717, 1.165) is 12.1 Å². The number of nitrogens with two attached hydrogens (primary N) is 1. The Bertz CT molecular complexity index is 712. The average molecular weight is 348 g/mol. The van der Waals surface area contributed by atoms with E-state index in [-0.39, 0.29) is 17.2 Å². The van der Waals surface area contributed by atoms with Crippen LogP contribution in [0.5, 0.6) is 0 Å². The number of methoxy groups -OCH3 is 1. The summed E-state index contributed by atoms with van der Waals surface area (Å²) < 4.78 is 47.9. The van der Waals surface area contributed by atoms with Crippen molar-refractivity contribution in [1.29, 1.82) is 0 Å². The van der Waals surface area contributed by atoms with Crippen molar-refractivity contribution in [2.75, 3.05) is 7.11 Å². The van der Waals surface area contributed by atoms with E-state index < -0.39 is 23.8 Å². The molecule has 1 heterocycles. The van der Waals surface area contributed by atoms with E-state index in [2.05, 4.69) is 4.74 Å². The number of rotatable bonds is 4. The second kappa shape index (κ2) is 6.64. The third-order valence-corrected chi connectivity index (χ3v) is 3.46. The maximum absolute atomic E-state index is 12.6. The number of hydrogen-bond donors (Lipinski definition) is 1. The Kier molecular flexibility index (Phi) is 5.01. The summed E-state index contributed by atoms with van der Waals surface area (Å²) in [5.41, 5.74) is 5.10. The van der Waals surface area contributed by atoms with Gasteiger partial charge in [-0.25, -0.2) is 0 Å². The van der Waals surface area contributed by atoms with Crippen molar-refractivity contribution in [3.63, 3.8) is 0 Å². The van der Waals surface area contributed by atoms with Crippen molar-refractivity contribution in [2.45, 2.75) is 18.6 Å². The van der Waals surface area contributed by atoms with Crippen LogP contribution in [0, 0.1) is 0 Å². The summed E-state index contributed by atoms with van der Waals surface area (Å²) in [7, 11) is 1.22. The molecule has 0 aliphatic heterocycles. The summed E-state index contributed by atoms with van der Waals surface area (Å²) in [6, 6.07) is 5.22. The highest BCUT2D eigenvalue weighted by molar-refractivity contribution is 6.33. The van der Waals surface area contributed by atoms with Crippen molar-refractivity contribution in [1.82, 2.24) is 0 Å². The van der Waals surface area contributed by atoms with Crippen molar-refractivity contribution in [3.05, 3.63) is 46.7 Å². The van der Waals surface area contributed by atoms with Crippen molar-refractivity contribution >= 4 is 17.6 Å². The van der Waals surface area contributed by atoms with Gasteiger partial charge in [-0.15, -0.1) is 0 Å². The molecule has 2 aromatic rings. The van der Waals surface area contributed by atoms with Gasteiger partial charge in [0, 0.05) is 12.0 Å². The minimum absolute atomic E-state index is 0.0852. The standard InChI is InChI=1S/C15H13ClF3NO3/c1-22-14(21)12(20)7-9-3-5-13(23-9)10-4-2-8(6-11(10)16)15(17,18)19/h2-6,12H,7,20H2,1H3. The highest BCUT2D eigenvalue weighted by Gasteiger charge is 2.31. The van der Waals surface area contributed by atoms with Crippen molar-refractivity contribution in [3.8, 4) is 11.3 Å². The van der Waals surface area contributed by atoms with Crippen LogP contribution in [0.2, 0.25) is 5.02 Å². The first-order valence-electron chi connectivity index (χ1n) is 6.51. The monoisotopic (exact) mass is 347 g/mol. The number of hydrogen-bond acceptors (Lipinski definition) is 4. The molecule has 4 nitrogen and oxygen atoms in total. The molecule has 1 aromatic heterocycles. The molecular formula is C15H13ClF3NO3. The number of furan rings is 1. The molecule has 0 saturated heterocycles. The molecule has 0 radical (unpaired) electrons. The van der Waals surface area contributed by atoms with Crippen LogP contribution in [0.3, 0.4) is 0 Å². The van der Waals surface area contributed by atoms with Gasteiger partial charge in [0.1, 0.15) is 17.6 Å². The molecular weight excluding hydrogens is 335 g/mol. The first-order valence-corrected chi connectivity index (χ1v) is 6.89. The van der Waals surface area contributed by atoms with Crippen LogP contribution in [-0.4, -0.2) is 19.1 Å². The Morgan fingerprint density at radius 1 is 1.35 bits per heavy atom. The van der Waals surface area contributed by atoms with E-state index in [0.29, 0.717) is 11.3 Å². The van der Waals surface area contributed by atoms with Crippen LogP contribution in [0.1, 0.15) is 11.3 Å². The lowest BCUT2D eigenvalue weighted by Crippen LogP contribution is -2.33. The Morgan fingerprint density at radius 3 is 2.61 bits per heavy atom. The van der Waals surface area contributed by atoms with E-state index in [1.807, 2.05) is 0 Å². The second-order valence-electron chi connectivity index (χ2n) is 4.79. The molecule has 0 aliphatic carbocycles. The van der Waals surface area contributed by atoms with Crippen molar-refractivity contribution in [2.24, 2.45) is 5.73 Å². The third-order valence-electron chi connectivity index (χ3n) is 3.15. The van der Waals surface area contributed by atoms with Crippen LogP contribution < -0.4 is 5.73 Å². The lowest BCUT2D eigenvalue weighted by Gasteiger charge is -2.09. The Labute approximate surface area is 135 Å². The predicted molar refractivity (Wildman–Crippen MR) is 77.9 cm³/mol. The molecule has 0 amide bonds. The molecule has 1 aromatic carbocycles. The number of alkyl halides is 3. The van der Waals surface area contributed by atoms with E-state index in [4.69, 9.17) is 21.8 Å². The molecule has 124 valence electrons. The minimum atomic E-state index is -4.47. The summed E-state index contributed by atoms with van der Waals surface area (Å²) >= 11 is 5.90. The number of benzene rings is 1. The van der Waals surface area contributed by atoms with E-state index in [1.54, 1.807) is 12.1 Å². The van der Waals surface area contributed by atoms with Crippen LogP contribution >= 0.6 is 11.6 Å². The first kappa shape index (κ1) is 17.4. The van der Waals surface area contributed by atoms with Crippen LogP contribution in [0.25, 0.3) is 11.3 Å². The molecule has 0 bridgehead atoms. The van der Waals surface area contributed by atoms with Gasteiger partial charge in [0.05, 0.1) is 17.7 Å². The summed E-state index contributed by atoms with van der Waals surface area (Å²) in [5.74, 6) is 0.0974. The maximum Gasteiger partial charge on any atom is 0.416 e. The van der Waals surface area contributed by atoms with Gasteiger partial charge in [-0.05, 0) is 30.3 Å². The summed E-state index contributed by atoms with van der Waals surface area (Å²) in [6.45, 7) is 0. The minimum Gasteiger partial charge on any atom is -0.468 e. The molecule has 23 heavy (non-hydrogen) atoms. The van der Waals surface area contributed by atoms with Gasteiger partial charge < -0.3 is 14.9 Å². The molecule has 1 unspecified atom stereocenters. The normalized spacial score (nSPS) is 13.0. The molecule has 0 saturated carbocycles. The van der Waals surface area contributed by atoms with Crippen LogP contribution in [0.15, 0.2) is 34.7 Å². The SMILES string of the molecule is COC(=O)C(N)Cc1ccc(-c2ccc(C(F)(F)F)cc2Cl)o1. The Hall–Kier alpha value is -1.99. The summed E-state index contributed by atoms with van der Waals surface area (Å²) in [5, 5.41) is -0.0852. The van der Waals surface area contributed by atoms with Gasteiger partial charge >= 0.3 is 12.1 Å². The zero-order chi connectivity index (χ0) is 17.2. The molecule has 8 heteroatoms. The van der Waals surface area contributed by atoms with Gasteiger partial charge in [0.2, 0.25) is 0 Å². The van der Waals surface area contributed by atoms with Crippen LogP contribution in [-0.2, 0) is 22.1 Å². The van der Waals surface area contributed by atoms with Crippen LogP contribution in [0.4, 0.5) is 13.2 Å². The zero-order valence-corrected chi connectivity index (χ0v) is 12.7. The summed E-state index contributed by atoms with van der Waals surface area (Å²) in [6.07, 6.45) is -4.37. The van der Waals surface area contributed by atoms with E-state index in [1.165, 1.54) is 13.2 Å². The van der Waals surface area contributed by atoms with Gasteiger partial charge in [-0.1, -0.05) is 11.6 Å². The molecule has 1 atom stereocenters.